The Morgan fingerprint density at radius 1 is 0.824 bits per heavy atom. The van der Waals surface area contributed by atoms with Gasteiger partial charge in [0.05, 0.1) is 0 Å². The molecule has 0 saturated carbocycles. The molecule has 0 aliphatic carbocycles. The van der Waals surface area contributed by atoms with Crippen molar-refractivity contribution in [2.24, 2.45) is 0 Å². The quantitative estimate of drug-likeness (QED) is 0.327. The molecule has 0 bridgehead atoms. The topological polar surface area (TPSA) is 17.1 Å². The normalized spacial score (nSPS) is 11.2. The van der Waals surface area contributed by atoms with Gasteiger partial charge in [-0.3, -0.25) is 4.79 Å². The maximum absolute atomic E-state index is 11.0. The van der Waals surface area contributed by atoms with E-state index in [1.54, 1.807) is 6.08 Å². The van der Waals surface area contributed by atoms with Gasteiger partial charge in [-0.15, -0.1) is 0 Å². The van der Waals surface area contributed by atoms with E-state index in [2.05, 4.69) is 6.92 Å². The molecule has 0 amide bonds. The van der Waals surface area contributed by atoms with Gasteiger partial charge in [0, 0.05) is 6.42 Å². The summed E-state index contributed by atoms with van der Waals surface area (Å²) in [5, 5.41) is 0. The van der Waals surface area contributed by atoms with Gasteiger partial charge in [-0.1, -0.05) is 71.3 Å². The van der Waals surface area contributed by atoms with Crippen molar-refractivity contribution in [3.63, 3.8) is 0 Å². The van der Waals surface area contributed by atoms with Crippen molar-refractivity contribution < 1.29 is 4.79 Å². The minimum atomic E-state index is 0.251. The lowest BCUT2D eigenvalue weighted by molar-refractivity contribution is -0.114. The molecule has 0 unspecified atom stereocenters. The van der Waals surface area contributed by atoms with Crippen LogP contribution in [0.5, 0.6) is 0 Å². The summed E-state index contributed by atoms with van der Waals surface area (Å²) in [5.41, 5.74) is 0. The first-order chi connectivity index (χ1) is 8.31. The zero-order valence-electron chi connectivity index (χ0n) is 11.8. The van der Waals surface area contributed by atoms with Crippen molar-refractivity contribution >= 4 is 5.78 Å². The van der Waals surface area contributed by atoms with E-state index in [4.69, 9.17) is 0 Å². The summed E-state index contributed by atoms with van der Waals surface area (Å²) in [6.45, 7) is 4.17. The lowest BCUT2D eigenvalue weighted by Crippen LogP contribution is -1.86. The van der Waals surface area contributed by atoms with Crippen LogP contribution in [0.25, 0.3) is 0 Å². The van der Waals surface area contributed by atoms with E-state index in [1.807, 2.05) is 13.0 Å². The van der Waals surface area contributed by atoms with Crippen LogP contribution in [0.2, 0.25) is 0 Å². The first-order valence-electron chi connectivity index (χ1n) is 7.50. The van der Waals surface area contributed by atoms with Gasteiger partial charge in [0.25, 0.3) is 0 Å². The second kappa shape index (κ2) is 13.5. The Morgan fingerprint density at radius 2 is 1.35 bits per heavy atom. The van der Waals surface area contributed by atoms with E-state index in [1.165, 1.54) is 57.8 Å². The monoisotopic (exact) mass is 238 g/mol. The van der Waals surface area contributed by atoms with Crippen molar-refractivity contribution in [1.29, 1.82) is 0 Å². The molecule has 100 valence electrons. The number of rotatable bonds is 12. The summed E-state index contributed by atoms with van der Waals surface area (Å²) in [6.07, 6.45) is 17.8. The molecule has 0 heterocycles. The Hall–Kier alpha value is -0.590. The molecule has 0 fully saturated rings. The summed E-state index contributed by atoms with van der Waals surface area (Å²) in [7, 11) is 0. The Morgan fingerprint density at radius 3 is 1.88 bits per heavy atom. The Balaban J connectivity index is 3.08. The smallest absolute Gasteiger partial charge is 0.155 e. The highest BCUT2D eigenvalue weighted by Gasteiger charge is 1.92. The van der Waals surface area contributed by atoms with Gasteiger partial charge in [-0.05, 0) is 18.9 Å². The molecule has 1 heteroatoms. The molecule has 0 radical (unpaired) electrons. The average molecular weight is 238 g/mol. The molecule has 0 aromatic rings. The minimum absolute atomic E-state index is 0.251. The highest BCUT2D eigenvalue weighted by Crippen LogP contribution is 2.10. The summed E-state index contributed by atoms with van der Waals surface area (Å²) in [6, 6.07) is 0. The second-order valence-electron chi connectivity index (χ2n) is 4.84. The standard InChI is InChI=1S/C16H30O/c1-3-5-6-7-8-9-10-11-12-13-14-15-16(17)4-2/h14-15H,3-13H2,1-2H3/b15-14+. The van der Waals surface area contributed by atoms with Crippen molar-refractivity contribution in [1.82, 2.24) is 0 Å². The second-order valence-corrected chi connectivity index (χ2v) is 4.84. The number of carbonyl (C=O) groups is 1. The Bertz CT molecular complexity index is 194. The first kappa shape index (κ1) is 16.4. The molecule has 0 spiro atoms. The molecule has 0 aliphatic heterocycles. The summed E-state index contributed by atoms with van der Waals surface area (Å²) in [4.78, 5) is 11.0. The van der Waals surface area contributed by atoms with Crippen LogP contribution < -0.4 is 0 Å². The van der Waals surface area contributed by atoms with E-state index < -0.39 is 0 Å². The number of unbranched alkanes of at least 4 members (excludes halogenated alkanes) is 9. The predicted molar refractivity (Wildman–Crippen MR) is 76.3 cm³/mol. The zero-order chi connectivity index (χ0) is 12.8. The highest BCUT2D eigenvalue weighted by atomic mass is 16.1. The third-order valence-corrected chi connectivity index (χ3v) is 3.13. The summed E-state index contributed by atoms with van der Waals surface area (Å²) < 4.78 is 0. The molecule has 0 atom stereocenters. The average Bonchev–Trinajstić information content (AvgIpc) is 2.35. The third-order valence-electron chi connectivity index (χ3n) is 3.13. The van der Waals surface area contributed by atoms with Gasteiger partial charge < -0.3 is 0 Å². The predicted octanol–water partition coefficient (Wildman–Crippen LogP) is 5.44. The number of carbonyl (C=O) groups excluding carboxylic acids is 1. The molecular weight excluding hydrogens is 208 g/mol. The maximum atomic E-state index is 11.0. The van der Waals surface area contributed by atoms with Gasteiger partial charge in [0.1, 0.15) is 0 Å². The minimum Gasteiger partial charge on any atom is -0.295 e. The fourth-order valence-corrected chi connectivity index (χ4v) is 1.91. The van der Waals surface area contributed by atoms with Crippen molar-refractivity contribution in [2.45, 2.75) is 84.5 Å². The van der Waals surface area contributed by atoms with Crippen LogP contribution in [0.15, 0.2) is 12.2 Å². The molecule has 0 aliphatic rings. The van der Waals surface area contributed by atoms with Crippen molar-refractivity contribution in [2.75, 3.05) is 0 Å². The molecule has 0 saturated heterocycles. The number of hydrogen-bond acceptors (Lipinski definition) is 1. The zero-order valence-corrected chi connectivity index (χ0v) is 11.8. The summed E-state index contributed by atoms with van der Waals surface area (Å²) in [5.74, 6) is 0.251. The van der Waals surface area contributed by atoms with Crippen LogP contribution in [-0.4, -0.2) is 5.78 Å². The van der Waals surface area contributed by atoms with Crippen LogP contribution in [0.4, 0.5) is 0 Å². The molecule has 0 N–H and O–H groups in total. The fourth-order valence-electron chi connectivity index (χ4n) is 1.91. The number of ketones is 1. The van der Waals surface area contributed by atoms with Crippen LogP contribution in [0.3, 0.4) is 0 Å². The van der Waals surface area contributed by atoms with Gasteiger partial charge >= 0.3 is 0 Å². The van der Waals surface area contributed by atoms with Gasteiger partial charge in [-0.25, -0.2) is 0 Å². The fraction of sp³-hybridized carbons (Fsp3) is 0.812. The highest BCUT2D eigenvalue weighted by molar-refractivity contribution is 5.89. The molecule has 1 nitrogen and oxygen atoms in total. The Labute approximate surface area is 108 Å². The van der Waals surface area contributed by atoms with E-state index in [0.717, 1.165) is 6.42 Å². The van der Waals surface area contributed by atoms with E-state index >= 15 is 0 Å². The van der Waals surface area contributed by atoms with Crippen LogP contribution in [-0.2, 0) is 4.79 Å². The van der Waals surface area contributed by atoms with Crippen LogP contribution >= 0.6 is 0 Å². The SMILES string of the molecule is CCCCCCCCCCC/C=C/C(=O)CC. The molecular formula is C16H30O. The largest absolute Gasteiger partial charge is 0.295 e. The number of hydrogen-bond donors (Lipinski definition) is 0. The first-order valence-corrected chi connectivity index (χ1v) is 7.50. The van der Waals surface area contributed by atoms with Gasteiger partial charge in [0.15, 0.2) is 5.78 Å². The Kier molecular flexibility index (Phi) is 13.0. The van der Waals surface area contributed by atoms with E-state index in [-0.39, 0.29) is 5.78 Å². The number of allylic oxidation sites excluding steroid dienone is 2. The maximum Gasteiger partial charge on any atom is 0.155 e. The molecule has 0 aromatic heterocycles. The third kappa shape index (κ3) is 13.3. The van der Waals surface area contributed by atoms with Gasteiger partial charge in [0.2, 0.25) is 0 Å². The summed E-state index contributed by atoms with van der Waals surface area (Å²) >= 11 is 0. The molecule has 0 aromatic carbocycles. The lowest BCUT2D eigenvalue weighted by atomic mass is 10.1. The van der Waals surface area contributed by atoms with Crippen LogP contribution in [0, 0.1) is 0 Å². The lowest BCUT2D eigenvalue weighted by Gasteiger charge is -2.00. The van der Waals surface area contributed by atoms with Crippen LogP contribution in [0.1, 0.15) is 84.5 Å². The molecule has 17 heavy (non-hydrogen) atoms. The van der Waals surface area contributed by atoms with E-state index in [0.29, 0.717) is 6.42 Å². The van der Waals surface area contributed by atoms with Crippen molar-refractivity contribution in [3.05, 3.63) is 12.2 Å². The van der Waals surface area contributed by atoms with E-state index in [9.17, 15) is 4.79 Å². The molecule has 0 rings (SSSR count). The van der Waals surface area contributed by atoms with Crippen molar-refractivity contribution in [3.8, 4) is 0 Å². The van der Waals surface area contributed by atoms with Gasteiger partial charge in [-0.2, -0.15) is 0 Å².